The summed E-state index contributed by atoms with van der Waals surface area (Å²) < 4.78 is 0. The van der Waals surface area contributed by atoms with Crippen molar-refractivity contribution in [1.82, 2.24) is 15.2 Å². The SMILES string of the molecule is CCCC(NC1CCN(C(=O)C2CCCC2)C1)c1cccnc1. The molecular weight excluding hydrogens is 286 g/mol. The number of amides is 1. The molecule has 1 aromatic rings. The minimum absolute atomic E-state index is 0.304. The smallest absolute Gasteiger partial charge is 0.225 e. The van der Waals surface area contributed by atoms with E-state index in [0.29, 0.717) is 23.9 Å². The van der Waals surface area contributed by atoms with Crippen LogP contribution in [-0.4, -0.2) is 34.9 Å². The van der Waals surface area contributed by atoms with Gasteiger partial charge in [0.2, 0.25) is 5.91 Å². The van der Waals surface area contributed by atoms with Crippen molar-refractivity contribution < 1.29 is 4.79 Å². The molecule has 126 valence electrons. The molecule has 2 fully saturated rings. The van der Waals surface area contributed by atoms with Crippen LogP contribution in [0.4, 0.5) is 0 Å². The van der Waals surface area contributed by atoms with Gasteiger partial charge in [0.1, 0.15) is 0 Å². The Kier molecular flexibility index (Phi) is 5.65. The Morgan fingerprint density at radius 2 is 2.22 bits per heavy atom. The normalized spacial score (nSPS) is 23.3. The molecule has 1 saturated heterocycles. The fraction of sp³-hybridized carbons (Fsp3) is 0.684. The summed E-state index contributed by atoms with van der Waals surface area (Å²) in [5.41, 5.74) is 1.26. The fourth-order valence-corrected chi connectivity index (χ4v) is 4.03. The summed E-state index contributed by atoms with van der Waals surface area (Å²) in [6, 6.07) is 4.92. The Morgan fingerprint density at radius 3 is 2.91 bits per heavy atom. The van der Waals surface area contributed by atoms with Crippen LogP contribution < -0.4 is 5.32 Å². The number of nitrogens with one attached hydrogen (secondary N) is 1. The third kappa shape index (κ3) is 4.11. The molecule has 0 spiro atoms. The highest BCUT2D eigenvalue weighted by molar-refractivity contribution is 5.79. The molecule has 2 atom stereocenters. The number of hydrogen-bond acceptors (Lipinski definition) is 3. The molecule has 1 aromatic heterocycles. The summed E-state index contributed by atoms with van der Waals surface area (Å²) in [5, 5.41) is 3.77. The number of pyridine rings is 1. The second kappa shape index (κ2) is 7.91. The lowest BCUT2D eigenvalue weighted by atomic mass is 10.0. The highest BCUT2D eigenvalue weighted by Crippen LogP contribution is 2.28. The van der Waals surface area contributed by atoms with E-state index in [2.05, 4.69) is 28.2 Å². The maximum Gasteiger partial charge on any atom is 0.225 e. The average molecular weight is 315 g/mol. The van der Waals surface area contributed by atoms with Crippen LogP contribution >= 0.6 is 0 Å². The van der Waals surface area contributed by atoms with Gasteiger partial charge in [0.25, 0.3) is 0 Å². The second-order valence-corrected chi connectivity index (χ2v) is 7.05. The molecule has 0 aromatic carbocycles. The van der Waals surface area contributed by atoms with Gasteiger partial charge in [0.15, 0.2) is 0 Å². The van der Waals surface area contributed by atoms with Crippen LogP contribution in [0.1, 0.15) is 63.5 Å². The van der Waals surface area contributed by atoms with Crippen LogP contribution in [0.3, 0.4) is 0 Å². The molecule has 1 aliphatic heterocycles. The molecule has 1 N–H and O–H groups in total. The van der Waals surface area contributed by atoms with E-state index >= 15 is 0 Å². The number of rotatable bonds is 6. The summed E-state index contributed by atoms with van der Waals surface area (Å²) in [6.45, 7) is 4.00. The highest BCUT2D eigenvalue weighted by Gasteiger charge is 2.32. The maximum absolute atomic E-state index is 12.6. The second-order valence-electron chi connectivity index (χ2n) is 7.05. The van der Waals surface area contributed by atoms with E-state index in [1.165, 1.54) is 18.4 Å². The molecule has 2 aliphatic rings. The van der Waals surface area contributed by atoms with E-state index in [4.69, 9.17) is 0 Å². The Morgan fingerprint density at radius 1 is 1.39 bits per heavy atom. The van der Waals surface area contributed by atoms with Gasteiger partial charge in [-0.15, -0.1) is 0 Å². The van der Waals surface area contributed by atoms with E-state index in [1.807, 2.05) is 18.5 Å². The summed E-state index contributed by atoms with van der Waals surface area (Å²) in [4.78, 5) is 18.9. The molecular formula is C19H29N3O. The van der Waals surface area contributed by atoms with Crippen molar-refractivity contribution in [2.45, 2.75) is 64.0 Å². The van der Waals surface area contributed by atoms with Crippen LogP contribution in [0.2, 0.25) is 0 Å². The fourth-order valence-electron chi connectivity index (χ4n) is 4.03. The lowest BCUT2D eigenvalue weighted by Crippen LogP contribution is -2.38. The van der Waals surface area contributed by atoms with Gasteiger partial charge in [-0.2, -0.15) is 0 Å². The van der Waals surface area contributed by atoms with Crippen molar-refractivity contribution in [3.8, 4) is 0 Å². The predicted octanol–water partition coefficient (Wildman–Crippen LogP) is 3.30. The number of carbonyl (C=O) groups excluding carboxylic acids is 1. The summed E-state index contributed by atoms with van der Waals surface area (Å²) in [6.07, 6.45) is 11.8. The minimum atomic E-state index is 0.304. The summed E-state index contributed by atoms with van der Waals surface area (Å²) in [5.74, 6) is 0.707. The van der Waals surface area contributed by atoms with Crippen molar-refractivity contribution in [2.75, 3.05) is 13.1 Å². The molecule has 1 aliphatic carbocycles. The molecule has 4 heteroatoms. The Hall–Kier alpha value is -1.42. The molecule has 2 heterocycles. The molecule has 3 rings (SSSR count). The van der Waals surface area contributed by atoms with Gasteiger partial charge in [-0.1, -0.05) is 32.3 Å². The molecule has 0 bridgehead atoms. The van der Waals surface area contributed by atoms with E-state index in [1.54, 1.807) is 0 Å². The monoisotopic (exact) mass is 315 g/mol. The molecule has 4 nitrogen and oxygen atoms in total. The lowest BCUT2D eigenvalue weighted by molar-refractivity contribution is -0.134. The first-order chi connectivity index (χ1) is 11.3. The van der Waals surface area contributed by atoms with Crippen LogP contribution in [-0.2, 0) is 4.79 Å². The summed E-state index contributed by atoms with van der Waals surface area (Å²) in [7, 11) is 0. The van der Waals surface area contributed by atoms with Crippen molar-refractivity contribution >= 4 is 5.91 Å². The molecule has 0 radical (unpaired) electrons. The average Bonchev–Trinajstić information content (AvgIpc) is 3.27. The van der Waals surface area contributed by atoms with E-state index in [-0.39, 0.29) is 0 Å². The van der Waals surface area contributed by atoms with Gasteiger partial charge in [-0.05, 0) is 37.3 Å². The summed E-state index contributed by atoms with van der Waals surface area (Å²) >= 11 is 0. The van der Waals surface area contributed by atoms with Crippen LogP contribution in [0.15, 0.2) is 24.5 Å². The third-order valence-electron chi connectivity index (χ3n) is 5.31. The first kappa shape index (κ1) is 16.4. The number of nitrogens with zero attached hydrogens (tertiary/aromatic N) is 2. The molecule has 2 unspecified atom stereocenters. The zero-order valence-electron chi connectivity index (χ0n) is 14.2. The lowest BCUT2D eigenvalue weighted by Gasteiger charge is -2.24. The van der Waals surface area contributed by atoms with Crippen molar-refractivity contribution in [1.29, 1.82) is 0 Å². The van der Waals surface area contributed by atoms with E-state index < -0.39 is 0 Å². The van der Waals surface area contributed by atoms with Crippen LogP contribution in [0, 0.1) is 5.92 Å². The zero-order valence-corrected chi connectivity index (χ0v) is 14.2. The van der Waals surface area contributed by atoms with Gasteiger partial charge in [-0.25, -0.2) is 0 Å². The third-order valence-corrected chi connectivity index (χ3v) is 5.31. The molecule has 1 saturated carbocycles. The number of hydrogen-bond donors (Lipinski definition) is 1. The molecule has 23 heavy (non-hydrogen) atoms. The topological polar surface area (TPSA) is 45.2 Å². The maximum atomic E-state index is 12.6. The number of aromatic nitrogens is 1. The minimum Gasteiger partial charge on any atom is -0.341 e. The van der Waals surface area contributed by atoms with Crippen molar-refractivity contribution in [3.05, 3.63) is 30.1 Å². The van der Waals surface area contributed by atoms with E-state index in [0.717, 1.165) is 45.2 Å². The van der Waals surface area contributed by atoms with Crippen LogP contribution in [0.5, 0.6) is 0 Å². The van der Waals surface area contributed by atoms with Gasteiger partial charge in [-0.3, -0.25) is 9.78 Å². The Bertz CT molecular complexity index is 499. The Labute approximate surface area is 139 Å². The first-order valence-electron chi connectivity index (χ1n) is 9.22. The number of likely N-dealkylation sites (tertiary alicyclic amines) is 1. The van der Waals surface area contributed by atoms with E-state index in [9.17, 15) is 4.79 Å². The van der Waals surface area contributed by atoms with Gasteiger partial charge < -0.3 is 10.2 Å². The molecule has 1 amide bonds. The highest BCUT2D eigenvalue weighted by atomic mass is 16.2. The van der Waals surface area contributed by atoms with Gasteiger partial charge in [0, 0.05) is 43.5 Å². The predicted molar refractivity (Wildman–Crippen MR) is 92.0 cm³/mol. The van der Waals surface area contributed by atoms with Crippen molar-refractivity contribution in [2.24, 2.45) is 5.92 Å². The Balaban J connectivity index is 1.56. The van der Waals surface area contributed by atoms with Crippen LogP contribution in [0.25, 0.3) is 0 Å². The number of carbonyl (C=O) groups is 1. The quantitative estimate of drug-likeness (QED) is 0.876. The zero-order chi connectivity index (χ0) is 16.1. The standard InChI is InChI=1S/C19H29N3O/c1-2-6-18(16-9-5-11-20-13-16)21-17-10-12-22(14-17)19(23)15-7-3-4-8-15/h5,9,11,13,15,17-18,21H,2-4,6-8,10,12,14H2,1H3. The van der Waals surface area contributed by atoms with Gasteiger partial charge >= 0.3 is 0 Å². The largest absolute Gasteiger partial charge is 0.341 e. The van der Waals surface area contributed by atoms with Crippen molar-refractivity contribution in [3.63, 3.8) is 0 Å². The first-order valence-corrected chi connectivity index (χ1v) is 9.22. The van der Waals surface area contributed by atoms with Gasteiger partial charge in [0.05, 0.1) is 0 Å².